The Bertz CT molecular complexity index is 394. The second-order valence-electron chi connectivity index (χ2n) is 5.07. The Hall–Kier alpha value is -1.07. The maximum Gasteiger partial charge on any atom is 0.169 e. The van der Waals surface area contributed by atoms with Gasteiger partial charge in [-0.2, -0.15) is 0 Å². The Labute approximate surface area is 113 Å². The monoisotopic (exact) mass is 265 g/mol. The Morgan fingerprint density at radius 3 is 2.72 bits per heavy atom. The summed E-state index contributed by atoms with van der Waals surface area (Å²) in [7, 11) is 0. The summed E-state index contributed by atoms with van der Waals surface area (Å²) in [5.41, 5.74) is 0. The van der Waals surface area contributed by atoms with Gasteiger partial charge in [-0.1, -0.05) is 0 Å². The van der Waals surface area contributed by atoms with Gasteiger partial charge in [0.05, 0.1) is 12.8 Å². The molecule has 1 saturated heterocycles. The molecule has 1 N–H and O–H groups in total. The van der Waals surface area contributed by atoms with Gasteiger partial charge in [0.1, 0.15) is 5.76 Å². The van der Waals surface area contributed by atoms with E-state index in [-0.39, 0.29) is 0 Å². The number of nitrogens with zero attached hydrogens (tertiary/aromatic N) is 2. The van der Waals surface area contributed by atoms with Gasteiger partial charge in [0.25, 0.3) is 0 Å². The quantitative estimate of drug-likeness (QED) is 0.836. The average Bonchev–Trinajstić information content (AvgIpc) is 3.04. The first kappa shape index (κ1) is 12.0. The van der Waals surface area contributed by atoms with E-state index in [4.69, 9.17) is 16.6 Å². The van der Waals surface area contributed by atoms with Crippen LogP contribution in [0.4, 0.5) is 0 Å². The first-order valence-electron chi connectivity index (χ1n) is 6.61. The van der Waals surface area contributed by atoms with Crippen molar-refractivity contribution in [3.63, 3.8) is 0 Å². The zero-order valence-electron chi connectivity index (χ0n) is 10.5. The van der Waals surface area contributed by atoms with Crippen LogP contribution in [-0.4, -0.2) is 47.1 Å². The van der Waals surface area contributed by atoms with Crippen LogP contribution >= 0.6 is 12.2 Å². The highest BCUT2D eigenvalue weighted by Gasteiger charge is 2.25. The lowest BCUT2D eigenvalue weighted by Crippen LogP contribution is -2.51. The Balaban J connectivity index is 1.44. The highest BCUT2D eigenvalue weighted by atomic mass is 32.1. The molecule has 5 heteroatoms. The van der Waals surface area contributed by atoms with Crippen LogP contribution in [-0.2, 0) is 6.54 Å². The molecule has 4 nitrogen and oxygen atoms in total. The molecule has 2 heterocycles. The van der Waals surface area contributed by atoms with Crippen molar-refractivity contribution in [3.05, 3.63) is 24.2 Å². The van der Waals surface area contributed by atoms with Gasteiger partial charge in [0.2, 0.25) is 0 Å². The molecular weight excluding hydrogens is 246 g/mol. The van der Waals surface area contributed by atoms with E-state index in [1.807, 2.05) is 12.1 Å². The molecular formula is C13H19N3OS. The summed E-state index contributed by atoms with van der Waals surface area (Å²) < 4.78 is 5.38. The van der Waals surface area contributed by atoms with Crippen molar-refractivity contribution in [1.82, 2.24) is 15.1 Å². The molecule has 0 amide bonds. The van der Waals surface area contributed by atoms with Crippen molar-refractivity contribution in [2.24, 2.45) is 0 Å². The number of rotatable bonds is 3. The number of piperazine rings is 1. The van der Waals surface area contributed by atoms with E-state index in [2.05, 4.69) is 15.1 Å². The highest BCUT2D eigenvalue weighted by Crippen LogP contribution is 2.19. The summed E-state index contributed by atoms with van der Waals surface area (Å²) >= 11 is 5.42. The molecule has 3 rings (SSSR count). The van der Waals surface area contributed by atoms with E-state index in [0.717, 1.165) is 43.6 Å². The zero-order valence-corrected chi connectivity index (χ0v) is 11.3. The normalized spacial score (nSPS) is 21.0. The molecule has 1 aliphatic heterocycles. The van der Waals surface area contributed by atoms with E-state index in [9.17, 15) is 0 Å². The maximum atomic E-state index is 5.42. The molecule has 2 fully saturated rings. The second kappa shape index (κ2) is 5.28. The number of hydrogen-bond acceptors (Lipinski definition) is 3. The van der Waals surface area contributed by atoms with Crippen molar-refractivity contribution in [2.45, 2.75) is 25.4 Å². The fraction of sp³-hybridized carbons (Fsp3) is 0.615. The molecule has 0 atom stereocenters. The van der Waals surface area contributed by atoms with Gasteiger partial charge in [-0.25, -0.2) is 0 Å². The van der Waals surface area contributed by atoms with Gasteiger partial charge in [-0.15, -0.1) is 0 Å². The summed E-state index contributed by atoms with van der Waals surface area (Å²) in [6, 6.07) is 4.63. The van der Waals surface area contributed by atoms with Crippen molar-refractivity contribution >= 4 is 17.3 Å². The first-order valence-corrected chi connectivity index (χ1v) is 7.02. The minimum atomic E-state index is 0.652. The minimum absolute atomic E-state index is 0.652. The van der Waals surface area contributed by atoms with Crippen LogP contribution in [0.5, 0.6) is 0 Å². The van der Waals surface area contributed by atoms with E-state index >= 15 is 0 Å². The van der Waals surface area contributed by atoms with Gasteiger partial charge in [-0.05, 0) is 37.2 Å². The lowest BCUT2D eigenvalue weighted by atomic mass is 10.3. The van der Waals surface area contributed by atoms with Crippen molar-refractivity contribution in [3.8, 4) is 0 Å². The number of nitrogens with one attached hydrogen (secondary N) is 1. The van der Waals surface area contributed by atoms with Gasteiger partial charge < -0.3 is 14.6 Å². The fourth-order valence-electron chi connectivity index (χ4n) is 2.23. The minimum Gasteiger partial charge on any atom is -0.468 e. The van der Waals surface area contributed by atoms with E-state index in [0.29, 0.717) is 6.04 Å². The maximum absolute atomic E-state index is 5.42. The molecule has 1 aliphatic carbocycles. The molecule has 0 bridgehead atoms. The Morgan fingerprint density at radius 1 is 1.33 bits per heavy atom. The molecule has 18 heavy (non-hydrogen) atoms. The van der Waals surface area contributed by atoms with Crippen LogP contribution in [0.1, 0.15) is 18.6 Å². The molecule has 1 saturated carbocycles. The topological polar surface area (TPSA) is 31.6 Å². The molecule has 1 aromatic rings. The van der Waals surface area contributed by atoms with Gasteiger partial charge >= 0.3 is 0 Å². The van der Waals surface area contributed by atoms with E-state index < -0.39 is 0 Å². The lowest BCUT2D eigenvalue weighted by Gasteiger charge is -2.35. The number of hydrogen-bond donors (Lipinski definition) is 1. The van der Waals surface area contributed by atoms with Crippen LogP contribution in [0.25, 0.3) is 0 Å². The summed E-state index contributed by atoms with van der Waals surface area (Å²) in [6.45, 7) is 5.03. The average molecular weight is 265 g/mol. The van der Waals surface area contributed by atoms with Crippen LogP contribution in [0.2, 0.25) is 0 Å². The van der Waals surface area contributed by atoms with Gasteiger partial charge in [0, 0.05) is 32.2 Å². The summed E-state index contributed by atoms with van der Waals surface area (Å²) in [6.07, 6.45) is 4.29. The molecule has 0 unspecified atom stereocenters. The van der Waals surface area contributed by atoms with Crippen LogP contribution in [0, 0.1) is 0 Å². The van der Waals surface area contributed by atoms with Crippen LogP contribution in [0.3, 0.4) is 0 Å². The second-order valence-corrected chi connectivity index (χ2v) is 5.45. The Morgan fingerprint density at radius 2 is 2.11 bits per heavy atom. The SMILES string of the molecule is S=C(NC1CC1)N1CCN(Cc2ccco2)CC1. The number of furan rings is 1. The molecule has 0 spiro atoms. The predicted molar refractivity (Wildman–Crippen MR) is 74.3 cm³/mol. The largest absolute Gasteiger partial charge is 0.468 e. The standard InChI is InChI=1S/C13H19N3OS/c18-13(14-11-3-4-11)16-7-5-15(6-8-16)10-12-2-1-9-17-12/h1-2,9,11H,3-8,10H2,(H,14,18). The first-order chi connectivity index (χ1) is 8.81. The van der Waals surface area contributed by atoms with Crippen molar-refractivity contribution < 1.29 is 4.42 Å². The third kappa shape index (κ3) is 3.03. The predicted octanol–water partition coefficient (Wildman–Crippen LogP) is 1.43. The van der Waals surface area contributed by atoms with E-state index in [1.165, 1.54) is 12.8 Å². The summed E-state index contributed by atoms with van der Waals surface area (Å²) in [5.74, 6) is 1.04. The summed E-state index contributed by atoms with van der Waals surface area (Å²) in [5, 5.41) is 4.34. The smallest absolute Gasteiger partial charge is 0.169 e. The van der Waals surface area contributed by atoms with E-state index in [1.54, 1.807) is 6.26 Å². The molecule has 0 aromatic carbocycles. The third-order valence-corrected chi connectivity index (χ3v) is 3.90. The van der Waals surface area contributed by atoms with Crippen molar-refractivity contribution in [1.29, 1.82) is 0 Å². The highest BCUT2D eigenvalue weighted by molar-refractivity contribution is 7.80. The lowest BCUT2D eigenvalue weighted by molar-refractivity contribution is 0.164. The Kier molecular flexibility index (Phi) is 3.52. The molecule has 1 aromatic heterocycles. The zero-order chi connectivity index (χ0) is 12.4. The van der Waals surface area contributed by atoms with Gasteiger partial charge in [-0.3, -0.25) is 4.90 Å². The van der Waals surface area contributed by atoms with Crippen molar-refractivity contribution in [2.75, 3.05) is 26.2 Å². The van der Waals surface area contributed by atoms with Crippen LogP contribution < -0.4 is 5.32 Å². The fourth-order valence-corrected chi connectivity index (χ4v) is 2.57. The number of thiocarbonyl (C=S) groups is 1. The van der Waals surface area contributed by atoms with Crippen LogP contribution in [0.15, 0.2) is 22.8 Å². The molecule has 2 aliphatic rings. The molecule has 98 valence electrons. The van der Waals surface area contributed by atoms with Gasteiger partial charge in [0.15, 0.2) is 5.11 Å². The summed E-state index contributed by atoms with van der Waals surface area (Å²) in [4.78, 5) is 4.70. The molecule has 0 radical (unpaired) electrons. The third-order valence-electron chi connectivity index (χ3n) is 3.52.